The van der Waals surface area contributed by atoms with Gasteiger partial charge < -0.3 is 10.1 Å². The monoisotopic (exact) mass is 623 g/mol. The first-order chi connectivity index (χ1) is 21.0. The highest BCUT2D eigenvalue weighted by Crippen LogP contribution is 2.75. The molecule has 4 saturated carbocycles. The molecule has 0 radical (unpaired) electrons. The van der Waals surface area contributed by atoms with Crippen molar-refractivity contribution in [3.63, 3.8) is 0 Å². The first-order valence-electron chi connectivity index (χ1n) is 17.6. The minimum Gasteiger partial charge on any atom is -0.462 e. The summed E-state index contributed by atoms with van der Waals surface area (Å²) in [4.78, 5) is 26.4. The van der Waals surface area contributed by atoms with Crippen LogP contribution in [0.2, 0.25) is 0 Å². The van der Waals surface area contributed by atoms with Crippen molar-refractivity contribution in [2.45, 2.75) is 126 Å². The lowest BCUT2D eigenvalue weighted by Crippen LogP contribution is -2.66. The van der Waals surface area contributed by atoms with E-state index >= 15 is 0 Å². The van der Waals surface area contributed by atoms with Gasteiger partial charge in [0, 0.05) is 18.9 Å². The van der Waals surface area contributed by atoms with Crippen LogP contribution in [0.15, 0.2) is 29.8 Å². The van der Waals surface area contributed by atoms with Crippen molar-refractivity contribution >= 4 is 11.9 Å². The second-order valence-electron chi connectivity index (χ2n) is 17.2. The smallest absolute Gasteiger partial charge is 0.302 e. The number of amides is 1. The molecule has 1 amide bonds. The average molecular weight is 624 g/mol. The number of esters is 1. The van der Waals surface area contributed by atoms with Gasteiger partial charge in [-0.3, -0.25) is 9.59 Å². The molecule has 0 heterocycles. The zero-order chi connectivity index (χ0) is 32.7. The maximum Gasteiger partial charge on any atom is 0.302 e. The molecule has 0 aliphatic heterocycles. The fraction of sp³-hybridized carbons (Fsp3) is 0.744. The summed E-state index contributed by atoms with van der Waals surface area (Å²) in [5.74, 6) is 0.241. The van der Waals surface area contributed by atoms with Crippen LogP contribution in [0.4, 0.5) is 8.78 Å². The minimum atomic E-state index is -0.881. The number of ether oxygens (including phenoxy) is 1. The van der Waals surface area contributed by atoms with Gasteiger partial charge >= 0.3 is 5.97 Å². The molecule has 4 fully saturated rings. The van der Waals surface area contributed by atoms with E-state index < -0.39 is 17.0 Å². The molecule has 4 nitrogen and oxygen atoms in total. The molecule has 10 atom stereocenters. The number of halogens is 2. The van der Waals surface area contributed by atoms with E-state index in [2.05, 4.69) is 59.9 Å². The number of fused-ring (bicyclic) bond motifs is 7. The van der Waals surface area contributed by atoms with E-state index in [0.717, 1.165) is 63.9 Å². The lowest BCUT2D eigenvalue weighted by Gasteiger charge is -2.71. The predicted octanol–water partition coefficient (Wildman–Crippen LogP) is 9.17. The van der Waals surface area contributed by atoms with Crippen LogP contribution in [0, 0.1) is 68.3 Å². The predicted molar refractivity (Wildman–Crippen MR) is 173 cm³/mol. The number of allylic oxidation sites excluding steroid dienone is 2. The summed E-state index contributed by atoms with van der Waals surface area (Å²) in [6, 6.07) is 3.88. The second-order valence-corrected chi connectivity index (χ2v) is 17.2. The maximum atomic E-state index is 14.3. The number of rotatable bonds is 4. The van der Waals surface area contributed by atoms with E-state index in [1.54, 1.807) is 6.07 Å². The fourth-order valence-electron chi connectivity index (χ4n) is 12.3. The Morgan fingerprint density at radius 2 is 1.64 bits per heavy atom. The van der Waals surface area contributed by atoms with E-state index in [9.17, 15) is 18.4 Å². The third-order valence-corrected chi connectivity index (χ3v) is 15.1. The van der Waals surface area contributed by atoms with Crippen molar-refractivity contribution in [2.75, 3.05) is 0 Å². The molecule has 5 aliphatic carbocycles. The van der Waals surface area contributed by atoms with Crippen LogP contribution in [-0.2, 0) is 20.9 Å². The van der Waals surface area contributed by atoms with Gasteiger partial charge in [-0.05, 0) is 121 Å². The first-order valence-corrected chi connectivity index (χ1v) is 17.6. The largest absolute Gasteiger partial charge is 0.462 e. The Kier molecular flexibility index (Phi) is 7.92. The Morgan fingerprint density at radius 1 is 0.911 bits per heavy atom. The molecule has 0 aromatic heterocycles. The van der Waals surface area contributed by atoms with Crippen LogP contribution >= 0.6 is 0 Å². The van der Waals surface area contributed by atoms with Gasteiger partial charge in [-0.2, -0.15) is 0 Å². The van der Waals surface area contributed by atoms with Crippen molar-refractivity contribution in [3.8, 4) is 0 Å². The molecule has 0 spiro atoms. The van der Waals surface area contributed by atoms with Gasteiger partial charge in [0.15, 0.2) is 11.6 Å². The van der Waals surface area contributed by atoms with Gasteiger partial charge in [0.2, 0.25) is 5.91 Å². The molecule has 248 valence electrons. The van der Waals surface area contributed by atoms with Crippen LogP contribution in [-0.4, -0.2) is 18.0 Å². The number of nitrogens with one attached hydrogen (secondary N) is 1. The molecule has 6 rings (SSSR count). The summed E-state index contributed by atoms with van der Waals surface area (Å²) in [5, 5.41) is 3.19. The van der Waals surface area contributed by atoms with E-state index in [1.807, 2.05) is 0 Å². The van der Waals surface area contributed by atoms with Crippen molar-refractivity contribution in [3.05, 3.63) is 47.0 Å². The van der Waals surface area contributed by atoms with Crippen LogP contribution in [0.25, 0.3) is 0 Å². The normalized spacial score (nSPS) is 43.5. The molecule has 45 heavy (non-hydrogen) atoms. The quantitative estimate of drug-likeness (QED) is 0.269. The minimum absolute atomic E-state index is 0.000620. The molecule has 0 bridgehead atoms. The van der Waals surface area contributed by atoms with Crippen LogP contribution in [0.3, 0.4) is 0 Å². The standard InChI is InChI=1S/C39H55F2NO3/c1-23-13-18-39(34(44)42-22-26-9-11-28(40)29(41)21-26)20-19-37(7)27(33(39)24(23)2)10-12-31-36(6)16-15-32(45-25(3)43)35(4,5)30(36)14-17-38(31,37)8/h9-11,21,23-24,30-33H,12-20,22H2,1-8H3,(H,42,44)/t23-,24+,30?,31?,32+,33?,36+,37-,38-,39+/m1/s1. The number of benzene rings is 1. The average Bonchev–Trinajstić information content (AvgIpc) is 2.97. The van der Waals surface area contributed by atoms with Gasteiger partial charge in [0.25, 0.3) is 0 Å². The molecule has 0 saturated heterocycles. The summed E-state index contributed by atoms with van der Waals surface area (Å²) < 4.78 is 33.4. The maximum absolute atomic E-state index is 14.3. The molecule has 3 unspecified atom stereocenters. The Balaban J connectivity index is 1.34. The van der Waals surface area contributed by atoms with Crippen molar-refractivity contribution in [1.29, 1.82) is 0 Å². The lowest BCUT2D eigenvalue weighted by atomic mass is 9.33. The van der Waals surface area contributed by atoms with Gasteiger partial charge in [-0.25, -0.2) is 8.78 Å². The van der Waals surface area contributed by atoms with E-state index in [1.165, 1.54) is 18.6 Å². The first kappa shape index (κ1) is 32.7. The van der Waals surface area contributed by atoms with Crippen LogP contribution in [0.1, 0.15) is 119 Å². The molecular formula is C39H55F2NO3. The number of hydrogen-bond acceptors (Lipinski definition) is 3. The molecule has 1 aromatic carbocycles. The highest BCUT2D eigenvalue weighted by Gasteiger charge is 2.69. The SMILES string of the molecule is CC(=O)O[C@H]1CC[C@@]2(C)C(CC[C@]3(C)C2CC=C2C4[C@@H](C)[C@H](C)CC[C@]4(C(=O)NCc4ccc(F)c(F)c4)CC[C@]23C)C1(C)C. The fourth-order valence-corrected chi connectivity index (χ4v) is 12.3. The molecule has 1 N–H and O–H groups in total. The molecule has 5 aliphatic rings. The molecule has 6 heteroatoms. The van der Waals surface area contributed by atoms with Crippen LogP contribution in [0.5, 0.6) is 0 Å². The van der Waals surface area contributed by atoms with E-state index in [-0.39, 0.29) is 52.1 Å². The second kappa shape index (κ2) is 10.9. The Bertz CT molecular complexity index is 1400. The summed E-state index contributed by atoms with van der Waals surface area (Å²) in [7, 11) is 0. The highest BCUT2D eigenvalue weighted by molar-refractivity contribution is 5.84. The third-order valence-electron chi connectivity index (χ3n) is 15.1. The van der Waals surface area contributed by atoms with Gasteiger partial charge in [-0.1, -0.05) is 66.2 Å². The third kappa shape index (κ3) is 4.68. The van der Waals surface area contributed by atoms with Gasteiger partial charge in [0.05, 0.1) is 5.41 Å². The summed E-state index contributed by atoms with van der Waals surface area (Å²) in [6.45, 7) is 18.8. The number of carbonyl (C=O) groups is 2. The highest BCUT2D eigenvalue weighted by atomic mass is 19.2. The zero-order valence-electron chi connectivity index (χ0n) is 28.8. The van der Waals surface area contributed by atoms with Crippen molar-refractivity contribution in [2.24, 2.45) is 56.7 Å². The summed E-state index contributed by atoms with van der Waals surface area (Å²) >= 11 is 0. The van der Waals surface area contributed by atoms with Crippen LogP contribution < -0.4 is 5.32 Å². The summed E-state index contributed by atoms with van der Waals surface area (Å²) in [6.07, 6.45) is 11.6. The Hall–Kier alpha value is -2.24. The summed E-state index contributed by atoms with van der Waals surface area (Å²) in [5.41, 5.74) is 1.80. The van der Waals surface area contributed by atoms with Gasteiger partial charge in [-0.15, -0.1) is 0 Å². The lowest BCUT2D eigenvalue weighted by molar-refractivity contribution is -0.212. The van der Waals surface area contributed by atoms with Gasteiger partial charge in [0.1, 0.15) is 6.10 Å². The molecular weight excluding hydrogens is 568 g/mol. The van der Waals surface area contributed by atoms with Crippen molar-refractivity contribution < 1.29 is 23.1 Å². The molecule has 1 aromatic rings. The van der Waals surface area contributed by atoms with E-state index in [0.29, 0.717) is 29.2 Å². The zero-order valence-corrected chi connectivity index (χ0v) is 28.8. The Labute approximate surface area is 269 Å². The topological polar surface area (TPSA) is 55.4 Å². The van der Waals surface area contributed by atoms with E-state index in [4.69, 9.17) is 4.74 Å². The Morgan fingerprint density at radius 3 is 2.33 bits per heavy atom. The number of carbonyl (C=O) groups excluding carboxylic acids is 2. The van der Waals surface area contributed by atoms with Crippen molar-refractivity contribution in [1.82, 2.24) is 5.32 Å². The number of hydrogen-bond donors (Lipinski definition) is 1.